The highest BCUT2D eigenvalue weighted by molar-refractivity contribution is 7.90. The number of nitrogens with zero attached hydrogens (tertiary/aromatic N) is 2. The van der Waals surface area contributed by atoms with Crippen LogP contribution in [0.2, 0.25) is 0 Å². The topological polar surface area (TPSA) is 62.1 Å². The standard InChI is InChI=1S/C18H27N3O2S/c1-7-23-17-9-8-14(13(2)20-24(22)18(3,4)5)10-16(17)15-11-19-21(6)12-15/h8-13,20H,7H2,1-6H3/t13-,24+/m1/s1. The van der Waals surface area contributed by atoms with Crippen LogP contribution in [-0.4, -0.2) is 25.7 Å². The minimum atomic E-state index is -1.12. The lowest BCUT2D eigenvalue weighted by atomic mass is 10.0. The zero-order valence-electron chi connectivity index (χ0n) is 15.3. The quantitative estimate of drug-likeness (QED) is 0.810. The van der Waals surface area contributed by atoms with Gasteiger partial charge in [0.25, 0.3) is 0 Å². The normalized spacial score (nSPS) is 14.5. The average Bonchev–Trinajstić information content (AvgIpc) is 2.93. The second kappa shape index (κ2) is 7.59. The highest BCUT2D eigenvalue weighted by Crippen LogP contribution is 2.33. The van der Waals surface area contributed by atoms with Gasteiger partial charge in [-0.05, 0) is 52.3 Å². The van der Waals surface area contributed by atoms with Gasteiger partial charge < -0.3 is 9.29 Å². The molecule has 2 aromatic rings. The largest absolute Gasteiger partial charge is 0.598 e. The SMILES string of the molecule is CCOc1ccc([C@@H](C)N[S@@+]([O-])C(C)(C)C)cc1-c1cnn(C)c1. The lowest BCUT2D eigenvalue weighted by molar-refractivity contribution is 0.341. The Morgan fingerprint density at radius 3 is 2.62 bits per heavy atom. The first kappa shape index (κ1) is 18.8. The molecule has 0 saturated carbocycles. The number of aryl methyl sites for hydroxylation is 1. The van der Waals surface area contributed by atoms with Crippen LogP contribution < -0.4 is 9.46 Å². The molecule has 0 aliphatic heterocycles. The monoisotopic (exact) mass is 349 g/mol. The summed E-state index contributed by atoms with van der Waals surface area (Å²) in [6.07, 6.45) is 3.79. The molecule has 0 amide bonds. The molecule has 0 fully saturated rings. The lowest BCUT2D eigenvalue weighted by Crippen LogP contribution is -2.40. The Kier molecular flexibility index (Phi) is 5.96. The van der Waals surface area contributed by atoms with E-state index < -0.39 is 11.4 Å². The molecule has 0 aliphatic carbocycles. The van der Waals surface area contributed by atoms with Crippen molar-refractivity contribution in [2.75, 3.05) is 6.61 Å². The summed E-state index contributed by atoms with van der Waals surface area (Å²) in [4.78, 5) is 0. The van der Waals surface area contributed by atoms with Gasteiger partial charge in [0.05, 0.1) is 18.8 Å². The second-order valence-corrected chi connectivity index (χ2v) is 8.81. The third-order valence-corrected chi connectivity index (χ3v) is 5.34. The van der Waals surface area contributed by atoms with E-state index >= 15 is 0 Å². The van der Waals surface area contributed by atoms with Crippen molar-refractivity contribution in [1.29, 1.82) is 0 Å². The molecular formula is C18H27N3O2S. The van der Waals surface area contributed by atoms with Crippen LogP contribution in [-0.2, 0) is 18.4 Å². The molecular weight excluding hydrogens is 322 g/mol. The van der Waals surface area contributed by atoms with Crippen molar-refractivity contribution in [1.82, 2.24) is 14.5 Å². The summed E-state index contributed by atoms with van der Waals surface area (Å²) in [5.41, 5.74) is 3.07. The van der Waals surface area contributed by atoms with E-state index in [4.69, 9.17) is 4.74 Å². The van der Waals surface area contributed by atoms with E-state index in [1.165, 1.54) is 0 Å². The summed E-state index contributed by atoms with van der Waals surface area (Å²) in [5.74, 6) is 0.832. The Labute approximate surface area is 147 Å². The predicted molar refractivity (Wildman–Crippen MR) is 99.3 cm³/mol. The maximum atomic E-state index is 12.3. The average molecular weight is 350 g/mol. The van der Waals surface area contributed by atoms with E-state index in [0.717, 1.165) is 22.4 Å². The van der Waals surface area contributed by atoms with Crippen LogP contribution in [0.4, 0.5) is 0 Å². The fourth-order valence-electron chi connectivity index (χ4n) is 2.29. The van der Waals surface area contributed by atoms with Gasteiger partial charge in [-0.3, -0.25) is 4.68 Å². The zero-order chi connectivity index (χ0) is 17.9. The fourth-order valence-corrected chi connectivity index (χ4v) is 3.10. The molecule has 1 aromatic heterocycles. The van der Waals surface area contributed by atoms with Crippen molar-refractivity contribution in [3.8, 4) is 16.9 Å². The molecule has 2 rings (SSSR count). The molecule has 0 radical (unpaired) electrons. The summed E-state index contributed by atoms with van der Waals surface area (Å²) < 4.78 is 22.7. The third kappa shape index (κ3) is 4.53. The van der Waals surface area contributed by atoms with Crippen LogP contribution in [0, 0.1) is 0 Å². The number of hydrogen-bond acceptors (Lipinski definition) is 4. The van der Waals surface area contributed by atoms with Crippen LogP contribution in [0.1, 0.15) is 46.2 Å². The number of benzene rings is 1. The van der Waals surface area contributed by atoms with E-state index in [9.17, 15) is 4.55 Å². The van der Waals surface area contributed by atoms with E-state index in [2.05, 4.69) is 15.9 Å². The number of hydrogen-bond donors (Lipinski definition) is 1. The minimum Gasteiger partial charge on any atom is -0.598 e. The molecule has 0 saturated heterocycles. The van der Waals surface area contributed by atoms with Gasteiger partial charge in [0.2, 0.25) is 0 Å². The molecule has 1 aromatic carbocycles. The first-order valence-electron chi connectivity index (χ1n) is 8.16. The third-order valence-electron chi connectivity index (χ3n) is 3.66. The van der Waals surface area contributed by atoms with Gasteiger partial charge in [-0.15, -0.1) is 4.72 Å². The van der Waals surface area contributed by atoms with Gasteiger partial charge in [0.1, 0.15) is 10.5 Å². The van der Waals surface area contributed by atoms with Crippen molar-refractivity contribution in [3.05, 3.63) is 36.2 Å². The highest BCUT2D eigenvalue weighted by Gasteiger charge is 2.28. The molecule has 6 heteroatoms. The first-order chi connectivity index (χ1) is 11.2. The van der Waals surface area contributed by atoms with Crippen molar-refractivity contribution in [2.45, 2.75) is 45.4 Å². The van der Waals surface area contributed by atoms with Crippen LogP contribution in [0.5, 0.6) is 5.75 Å². The molecule has 2 atom stereocenters. The molecule has 24 heavy (non-hydrogen) atoms. The molecule has 5 nitrogen and oxygen atoms in total. The van der Waals surface area contributed by atoms with Gasteiger partial charge in [-0.1, -0.05) is 6.07 Å². The molecule has 0 unspecified atom stereocenters. The van der Waals surface area contributed by atoms with Crippen molar-refractivity contribution < 1.29 is 9.29 Å². The number of rotatable bonds is 6. The van der Waals surface area contributed by atoms with Crippen LogP contribution in [0.15, 0.2) is 30.6 Å². The fraction of sp³-hybridized carbons (Fsp3) is 0.500. The Bertz CT molecular complexity index is 679. The molecule has 1 N–H and O–H groups in total. The van der Waals surface area contributed by atoms with Gasteiger partial charge in [-0.25, -0.2) is 0 Å². The molecule has 1 heterocycles. The first-order valence-corrected chi connectivity index (χ1v) is 9.31. The van der Waals surface area contributed by atoms with Crippen molar-refractivity contribution in [2.24, 2.45) is 7.05 Å². The van der Waals surface area contributed by atoms with E-state index in [1.807, 2.05) is 66.2 Å². The minimum absolute atomic E-state index is 0.0313. The van der Waals surface area contributed by atoms with Crippen LogP contribution in [0.3, 0.4) is 0 Å². The zero-order valence-corrected chi connectivity index (χ0v) is 16.1. The van der Waals surface area contributed by atoms with Crippen molar-refractivity contribution in [3.63, 3.8) is 0 Å². The number of ether oxygens (including phenoxy) is 1. The van der Waals surface area contributed by atoms with Crippen LogP contribution >= 0.6 is 0 Å². The van der Waals surface area contributed by atoms with Gasteiger partial charge in [0.15, 0.2) is 0 Å². The Morgan fingerprint density at radius 2 is 2.08 bits per heavy atom. The molecule has 0 spiro atoms. The smallest absolute Gasteiger partial charge is 0.136 e. The summed E-state index contributed by atoms with van der Waals surface area (Å²) in [7, 11) is 1.89. The van der Waals surface area contributed by atoms with E-state index in [-0.39, 0.29) is 10.8 Å². The number of nitrogens with one attached hydrogen (secondary N) is 1. The summed E-state index contributed by atoms with van der Waals surface area (Å²) in [5, 5.41) is 4.25. The van der Waals surface area contributed by atoms with Crippen LogP contribution in [0.25, 0.3) is 11.1 Å². The Balaban J connectivity index is 2.32. The highest BCUT2D eigenvalue weighted by atomic mass is 32.2. The van der Waals surface area contributed by atoms with Crippen molar-refractivity contribution >= 4 is 11.4 Å². The molecule has 0 aliphatic rings. The van der Waals surface area contributed by atoms with Gasteiger partial charge >= 0.3 is 0 Å². The summed E-state index contributed by atoms with van der Waals surface area (Å²) >= 11 is -1.12. The van der Waals surface area contributed by atoms with Gasteiger partial charge in [0, 0.05) is 35.7 Å². The van der Waals surface area contributed by atoms with E-state index in [0.29, 0.717) is 6.61 Å². The Morgan fingerprint density at radius 1 is 1.38 bits per heavy atom. The summed E-state index contributed by atoms with van der Waals surface area (Å²) in [6.45, 7) is 10.5. The van der Waals surface area contributed by atoms with Gasteiger partial charge in [-0.2, -0.15) is 5.10 Å². The maximum Gasteiger partial charge on any atom is 0.136 e. The number of aromatic nitrogens is 2. The molecule has 132 valence electrons. The maximum absolute atomic E-state index is 12.3. The Hall–Kier alpha value is -1.50. The second-order valence-electron chi connectivity index (χ2n) is 6.81. The lowest BCUT2D eigenvalue weighted by Gasteiger charge is -2.26. The summed E-state index contributed by atoms with van der Waals surface area (Å²) in [6, 6.07) is 6.04. The molecule has 0 bridgehead atoms. The van der Waals surface area contributed by atoms with E-state index in [1.54, 1.807) is 4.68 Å². The predicted octanol–water partition coefficient (Wildman–Crippen LogP) is 3.60.